The number of hydrogen-bond donors (Lipinski definition) is 2. The molecule has 7 heteroatoms. The third-order valence-corrected chi connectivity index (χ3v) is 3.08. The minimum atomic E-state index is -0.570. The highest BCUT2D eigenvalue weighted by Crippen LogP contribution is 2.20. The van der Waals surface area contributed by atoms with Crippen molar-refractivity contribution in [1.29, 1.82) is 0 Å². The van der Waals surface area contributed by atoms with Crippen LogP contribution in [0.2, 0.25) is 0 Å². The van der Waals surface area contributed by atoms with Gasteiger partial charge in [0.25, 0.3) is 0 Å². The van der Waals surface area contributed by atoms with Crippen LogP contribution in [0, 0.1) is 19.7 Å². The van der Waals surface area contributed by atoms with Gasteiger partial charge in [0.05, 0.1) is 17.8 Å². The van der Waals surface area contributed by atoms with Crippen molar-refractivity contribution in [2.75, 3.05) is 10.6 Å². The van der Waals surface area contributed by atoms with E-state index in [0.717, 1.165) is 5.56 Å². The number of carbonyl (C=O) groups is 2. The molecule has 2 N–H and O–H groups in total. The third-order valence-electron chi connectivity index (χ3n) is 3.08. The van der Waals surface area contributed by atoms with Crippen LogP contribution in [0.25, 0.3) is 0 Å². The summed E-state index contributed by atoms with van der Waals surface area (Å²) in [4.78, 5) is 23.0. The quantitative estimate of drug-likeness (QED) is 0.909. The Hall–Kier alpha value is -2.70. The van der Waals surface area contributed by atoms with Crippen molar-refractivity contribution in [2.24, 2.45) is 0 Å². The zero-order valence-electron chi connectivity index (χ0n) is 12.5. The molecule has 0 fully saturated rings. The smallest absolute Gasteiger partial charge is 0.229 e. The summed E-state index contributed by atoms with van der Waals surface area (Å²) in [6, 6.07) is 3.96. The van der Waals surface area contributed by atoms with Crippen molar-refractivity contribution in [3.05, 3.63) is 41.0 Å². The van der Waals surface area contributed by atoms with E-state index in [2.05, 4.69) is 15.8 Å². The number of aromatic nitrogens is 1. The second kappa shape index (κ2) is 6.38. The highest BCUT2D eigenvalue weighted by Gasteiger charge is 2.14. The highest BCUT2D eigenvalue weighted by molar-refractivity contribution is 5.94. The van der Waals surface area contributed by atoms with Gasteiger partial charge in [-0.15, -0.1) is 0 Å². The Labute approximate surface area is 126 Å². The van der Waals surface area contributed by atoms with Crippen LogP contribution in [0.15, 0.2) is 22.7 Å². The standard InChI is InChI=1S/C15H16FN3O3/c1-8-12(9(2)22-19-8)7-15(21)18-11-4-5-13(16)14(6-11)17-10(3)20/h4-6H,7H2,1-3H3,(H,17,20)(H,18,21). The molecule has 0 atom stereocenters. The number of amides is 2. The van der Waals surface area contributed by atoms with Crippen LogP contribution in [0.5, 0.6) is 0 Å². The van der Waals surface area contributed by atoms with E-state index in [0.29, 0.717) is 17.1 Å². The summed E-state index contributed by atoms with van der Waals surface area (Å²) in [6.45, 7) is 4.77. The summed E-state index contributed by atoms with van der Waals surface area (Å²) in [7, 11) is 0. The summed E-state index contributed by atoms with van der Waals surface area (Å²) in [5, 5.41) is 8.79. The number of halogens is 1. The Morgan fingerprint density at radius 3 is 2.59 bits per heavy atom. The lowest BCUT2D eigenvalue weighted by molar-refractivity contribution is -0.116. The van der Waals surface area contributed by atoms with Crippen molar-refractivity contribution in [1.82, 2.24) is 5.16 Å². The first-order chi connectivity index (χ1) is 10.4. The Balaban J connectivity index is 2.10. The molecule has 116 valence electrons. The summed E-state index contributed by atoms with van der Waals surface area (Å²) < 4.78 is 18.5. The zero-order valence-corrected chi connectivity index (χ0v) is 12.5. The first kappa shape index (κ1) is 15.7. The van der Waals surface area contributed by atoms with E-state index >= 15 is 0 Å². The van der Waals surface area contributed by atoms with Gasteiger partial charge in [-0.3, -0.25) is 9.59 Å². The molecule has 0 radical (unpaired) electrons. The van der Waals surface area contributed by atoms with Crippen LogP contribution < -0.4 is 10.6 Å². The van der Waals surface area contributed by atoms with Gasteiger partial charge in [0.2, 0.25) is 11.8 Å². The van der Waals surface area contributed by atoms with Crippen molar-refractivity contribution in [2.45, 2.75) is 27.2 Å². The van der Waals surface area contributed by atoms with Gasteiger partial charge in [0.1, 0.15) is 11.6 Å². The SMILES string of the molecule is CC(=O)Nc1cc(NC(=O)Cc2c(C)noc2C)ccc1F. The first-order valence-electron chi connectivity index (χ1n) is 6.65. The van der Waals surface area contributed by atoms with Gasteiger partial charge in [0.15, 0.2) is 0 Å². The molecular formula is C15H16FN3O3. The molecule has 0 saturated heterocycles. The first-order valence-corrected chi connectivity index (χ1v) is 6.65. The highest BCUT2D eigenvalue weighted by atomic mass is 19.1. The minimum Gasteiger partial charge on any atom is -0.361 e. The third kappa shape index (κ3) is 3.69. The second-order valence-electron chi connectivity index (χ2n) is 4.90. The lowest BCUT2D eigenvalue weighted by Gasteiger charge is -2.09. The summed E-state index contributed by atoms with van der Waals surface area (Å²) in [5.41, 5.74) is 1.79. The van der Waals surface area contributed by atoms with E-state index in [1.54, 1.807) is 13.8 Å². The van der Waals surface area contributed by atoms with E-state index in [-0.39, 0.29) is 18.0 Å². The summed E-state index contributed by atoms with van der Waals surface area (Å²) >= 11 is 0. The van der Waals surface area contributed by atoms with E-state index in [1.165, 1.54) is 25.1 Å². The minimum absolute atomic E-state index is 0.0163. The molecular weight excluding hydrogens is 289 g/mol. The summed E-state index contributed by atoms with van der Waals surface area (Å²) in [6.07, 6.45) is 0.105. The number of nitrogens with zero attached hydrogens (tertiary/aromatic N) is 1. The molecule has 0 unspecified atom stereocenters. The molecule has 0 aliphatic heterocycles. The number of anilines is 2. The lowest BCUT2D eigenvalue weighted by atomic mass is 10.1. The van der Waals surface area contributed by atoms with Gasteiger partial charge in [-0.1, -0.05) is 5.16 Å². The number of hydrogen-bond acceptors (Lipinski definition) is 4. The molecule has 0 aliphatic rings. The fourth-order valence-electron chi connectivity index (χ4n) is 2.01. The maximum atomic E-state index is 13.5. The van der Waals surface area contributed by atoms with Gasteiger partial charge >= 0.3 is 0 Å². The van der Waals surface area contributed by atoms with Crippen LogP contribution >= 0.6 is 0 Å². The average Bonchev–Trinajstić information content (AvgIpc) is 2.74. The van der Waals surface area contributed by atoms with E-state index in [1.807, 2.05) is 0 Å². The van der Waals surface area contributed by atoms with Crippen LogP contribution in [0.1, 0.15) is 23.9 Å². The molecule has 1 aromatic heterocycles. The molecule has 0 aliphatic carbocycles. The molecule has 22 heavy (non-hydrogen) atoms. The van der Waals surface area contributed by atoms with Crippen LogP contribution in [-0.2, 0) is 16.0 Å². The molecule has 2 aromatic rings. The van der Waals surface area contributed by atoms with Crippen LogP contribution in [0.3, 0.4) is 0 Å². The lowest BCUT2D eigenvalue weighted by Crippen LogP contribution is -2.16. The Morgan fingerprint density at radius 2 is 2.00 bits per heavy atom. The van der Waals surface area contributed by atoms with E-state index in [9.17, 15) is 14.0 Å². The monoisotopic (exact) mass is 305 g/mol. The number of aryl methyl sites for hydroxylation is 2. The van der Waals surface area contributed by atoms with Gasteiger partial charge in [-0.2, -0.15) is 0 Å². The predicted octanol–water partition coefficient (Wildman–Crippen LogP) is 2.57. The number of nitrogens with one attached hydrogen (secondary N) is 2. The van der Waals surface area contributed by atoms with Crippen molar-refractivity contribution >= 4 is 23.2 Å². The van der Waals surface area contributed by atoms with Crippen molar-refractivity contribution in [3.8, 4) is 0 Å². The van der Waals surface area contributed by atoms with Gasteiger partial charge in [0, 0.05) is 18.2 Å². The fourth-order valence-corrected chi connectivity index (χ4v) is 2.01. The Morgan fingerprint density at radius 1 is 1.27 bits per heavy atom. The van der Waals surface area contributed by atoms with E-state index < -0.39 is 11.7 Å². The topological polar surface area (TPSA) is 84.2 Å². The molecule has 0 spiro atoms. The second-order valence-corrected chi connectivity index (χ2v) is 4.90. The van der Waals surface area contributed by atoms with Crippen LogP contribution in [0.4, 0.5) is 15.8 Å². The fraction of sp³-hybridized carbons (Fsp3) is 0.267. The van der Waals surface area contributed by atoms with Crippen molar-refractivity contribution < 1.29 is 18.5 Å². The Kier molecular flexibility index (Phi) is 4.55. The maximum Gasteiger partial charge on any atom is 0.229 e. The largest absolute Gasteiger partial charge is 0.361 e. The molecule has 1 heterocycles. The number of carbonyl (C=O) groups excluding carboxylic acids is 2. The molecule has 1 aromatic carbocycles. The number of benzene rings is 1. The molecule has 2 rings (SSSR count). The van der Waals surface area contributed by atoms with Crippen LogP contribution in [-0.4, -0.2) is 17.0 Å². The molecule has 0 saturated carbocycles. The maximum absolute atomic E-state index is 13.5. The molecule has 2 amide bonds. The van der Waals surface area contributed by atoms with E-state index in [4.69, 9.17) is 4.52 Å². The van der Waals surface area contributed by atoms with Gasteiger partial charge in [-0.25, -0.2) is 4.39 Å². The van der Waals surface area contributed by atoms with Gasteiger partial charge < -0.3 is 15.2 Å². The summed E-state index contributed by atoms with van der Waals surface area (Å²) in [5.74, 6) is -0.655. The predicted molar refractivity (Wildman–Crippen MR) is 79.0 cm³/mol. The van der Waals surface area contributed by atoms with Crippen molar-refractivity contribution in [3.63, 3.8) is 0 Å². The molecule has 0 bridgehead atoms. The van der Waals surface area contributed by atoms with Gasteiger partial charge in [-0.05, 0) is 32.0 Å². The normalized spacial score (nSPS) is 10.4. The Bertz CT molecular complexity index is 705. The number of rotatable bonds is 4. The zero-order chi connectivity index (χ0) is 16.3. The molecule has 6 nitrogen and oxygen atoms in total. The average molecular weight is 305 g/mol.